The fourth-order valence-corrected chi connectivity index (χ4v) is 2.71. The van der Waals surface area contributed by atoms with Gasteiger partial charge in [0.2, 0.25) is 0 Å². The van der Waals surface area contributed by atoms with E-state index >= 15 is 0 Å². The molecule has 0 bridgehead atoms. The number of H-pyrrole nitrogens is 1. The molecular formula is C14H9Br2N. The second kappa shape index (κ2) is 4.31. The van der Waals surface area contributed by atoms with Gasteiger partial charge in [-0.3, -0.25) is 0 Å². The molecule has 0 saturated carbocycles. The zero-order chi connectivity index (χ0) is 11.8. The third-order valence-corrected chi connectivity index (χ3v) is 4.62. The number of halogens is 2. The van der Waals surface area contributed by atoms with Crippen LogP contribution in [0.1, 0.15) is 5.56 Å². The summed E-state index contributed by atoms with van der Waals surface area (Å²) in [5.41, 5.74) is 3.50. The topological polar surface area (TPSA) is 15.8 Å². The summed E-state index contributed by atoms with van der Waals surface area (Å²) in [7, 11) is 0. The Bertz CT molecular complexity index is 725. The van der Waals surface area contributed by atoms with Gasteiger partial charge in [0.15, 0.2) is 0 Å². The molecule has 1 heterocycles. The van der Waals surface area contributed by atoms with Crippen LogP contribution >= 0.6 is 31.9 Å². The zero-order valence-electron chi connectivity index (χ0n) is 8.87. The molecule has 1 nitrogen and oxygen atoms in total. The molecule has 3 rings (SSSR count). The Kier molecular flexibility index (Phi) is 2.81. The monoisotopic (exact) mass is 349 g/mol. The Labute approximate surface area is 116 Å². The summed E-state index contributed by atoms with van der Waals surface area (Å²) in [4.78, 5) is 5.35. The minimum atomic E-state index is 1.04. The van der Waals surface area contributed by atoms with E-state index in [1.54, 1.807) is 0 Å². The van der Waals surface area contributed by atoms with Crippen molar-refractivity contribution in [2.24, 2.45) is 0 Å². The fraction of sp³-hybridized carbons (Fsp3) is 0. The second-order valence-corrected chi connectivity index (χ2v) is 5.17. The van der Waals surface area contributed by atoms with Gasteiger partial charge in [0.25, 0.3) is 0 Å². The summed E-state index contributed by atoms with van der Waals surface area (Å²) in [6, 6.07) is 14.7. The highest BCUT2D eigenvalue weighted by atomic mass is 79.9. The lowest BCUT2D eigenvalue weighted by atomic mass is 10.1. The highest BCUT2D eigenvalue weighted by Crippen LogP contribution is 2.33. The quantitative estimate of drug-likeness (QED) is 0.604. The molecule has 2 aromatic carbocycles. The number of para-hydroxylation sites is 2. The number of benzene rings is 2. The average molecular weight is 351 g/mol. The molecule has 3 aromatic rings. The molecule has 0 aliphatic carbocycles. The zero-order valence-corrected chi connectivity index (χ0v) is 12.0. The molecule has 0 fully saturated rings. The van der Waals surface area contributed by atoms with Crippen LogP contribution in [0.5, 0.6) is 0 Å². The number of aromatic nitrogens is 1. The molecular weight excluding hydrogens is 342 g/mol. The maximum atomic E-state index is 3.56. The molecule has 1 N–H and O–H groups in total. The van der Waals surface area contributed by atoms with Crippen molar-refractivity contribution in [1.82, 2.24) is 4.98 Å². The lowest BCUT2D eigenvalue weighted by Gasteiger charge is -2.00. The first-order chi connectivity index (χ1) is 8.31. The fourth-order valence-electron chi connectivity index (χ4n) is 2.13. The van der Waals surface area contributed by atoms with Crippen molar-refractivity contribution >= 4 is 58.1 Å². The predicted molar refractivity (Wildman–Crippen MR) is 81.6 cm³/mol. The standard InChI is InChI=1S/C14H9Br2N/c15-8-12(16)11-6-3-5-10-9-4-1-2-7-13(9)17-14(10)11/h1-8,17H. The lowest BCUT2D eigenvalue weighted by molar-refractivity contribution is 1.53. The van der Waals surface area contributed by atoms with Crippen LogP contribution in [0, 0.1) is 0 Å². The summed E-state index contributed by atoms with van der Waals surface area (Å²) in [6.07, 6.45) is 0. The molecule has 0 spiro atoms. The highest BCUT2D eigenvalue weighted by molar-refractivity contribution is 9.16. The van der Waals surface area contributed by atoms with Crippen molar-refractivity contribution in [2.75, 3.05) is 0 Å². The van der Waals surface area contributed by atoms with E-state index in [2.05, 4.69) is 73.2 Å². The van der Waals surface area contributed by atoms with E-state index in [1.807, 2.05) is 11.1 Å². The van der Waals surface area contributed by atoms with Gasteiger partial charge in [0, 0.05) is 26.3 Å². The van der Waals surface area contributed by atoms with E-state index in [4.69, 9.17) is 0 Å². The van der Waals surface area contributed by atoms with Crippen LogP contribution in [-0.2, 0) is 0 Å². The van der Waals surface area contributed by atoms with Gasteiger partial charge >= 0.3 is 0 Å². The largest absolute Gasteiger partial charge is 0.354 e. The van der Waals surface area contributed by atoms with E-state index in [1.165, 1.54) is 16.3 Å². The van der Waals surface area contributed by atoms with Crippen LogP contribution in [0.25, 0.3) is 26.3 Å². The Hall–Kier alpha value is -1.06. The smallest absolute Gasteiger partial charge is 0.0550 e. The molecule has 0 aliphatic rings. The van der Waals surface area contributed by atoms with Gasteiger partial charge in [-0.1, -0.05) is 52.3 Å². The van der Waals surface area contributed by atoms with E-state index in [0.717, 1.165) is 15.6 Å². The number of fused-ring (bicyclic) bond motifs is 3. The molecule has 0 unspecified atom stereocenters. The maximum Gasteiger partial charge on any atom is 0.0550 e. The average Bonchev–Trinajstić information content (AvgIpc) is 2.76. The van der Waals surface area contributed by atoms with E-state index in [0.29, 0.717) is 0 Å². The number of aromatic amines is 1. The van der Waals surface area contributed by atoms with Gasteiger partial charge in [-0.25, -0.2) is 0 Å². The number of rotatable bonds is 1. The molecule has 0 atom stereocenters. The van der Waals surface area contributed by atoms with Gasteiger partial charge in [0.1, 0.15) is 0 Å². The van der Waals surface area contributed by atoms with Crippen LogP contribution in [-0.4, -0.2) is 4.98 Å². The second-order valence-electron chi connectivity index (χ2n) is 3.86. The molecule has 84 valence electrons. The molecule has 0 amide bonds. The predicted octanol–water partition coefficient (Wildman–Crippen LogP) is 5.41. The first kappa shape index (κ1) is 11.1. The van der Waals surface area contributed by atoms with Crippen molar-refractivity contribution < 1.29 is 0 Å². The van der Waals surface area contributed by atoms with Crippen LogP contribution in [0.3, 0.4) is 0 Å². The maximum absolute atomic E-state index is 3.56. The third kappa shape index (κ3) is 1.74. The Morgan fingerprint density at radius 3 is 2.59 bits per heavy atom. The van der Waals surface area contributed by atoms with E-state index < -0.39 is 0 Å². The van der Waals surface area contributed by atoms with Gasteiger partial charge < -0.3 is 4.98 Å². The summed E-state index contributed by atoms with van der Waals surface area (Å²) >= 11 is 6.92. The Balaban J connectivity index is 2.48. The lowest BCUT2D eigenvalue weighted by Crippen LogP contribution is -1.78. The van der Waals surface area contributed by atoms with Gasteiger partial charge in [-0.2, -0.15) is 0 Å². The van der Waals surface area contributed by atoms with Crippen molar-refractivity contribution in [3.05, 3.63) is 53.0 Å². The summed E-state index contributed by atoms with van der Waals surface area (Å²) < 4.78 is 1.04. The molecule has 3 heteroatoms. The molecule has 0 saturated heterocycles. The normalized spacial score (nSPS) is 12.5. The van der Waals surface area contributed by atoms with Crippen LogP contribution < -0.4 is 0 Å². The highest BCUT2D eigenvalue weighted by Gasteiger charge is 2.08. The van der Waals surface area contributed by atoms with Gasteiger partial charge in [0.05, 0.1) is 5.52 Å². The van der Waals surface area contributed by atoms with E-state index in [9.17, 15) is 0 Å². The minimum Gasteiger partial charge on any atom is -0.354 e. The summed E-state index contributed by atoms with van der Waals surface area (Å²) in [5, 5.41) is 2.52. The minimum absolute atomic E-state index is 1.04. The van der Waals surface area contributed by atoms with Crippen molar-refractivity contribution in [3.8, 4) is 0 Å². The SMILES string of the molecule is BrC=C(Br)c1cccc2c1[nH]c1ccccc12. The van der Waals surface area contributed by atoms with Crippen LogP contribution in [0.15, 0.2) is 47.4 Å². The van der Waals surface area contributed by atoms with Crippen molar-refractivity contribution in [3.63, 3.8) is 0 Å². The molecule has 0 aliphatic heterocycles. The molecule has 17 heavy (non-hydrogen) atoms. The van der Waals surface area contributed by atoms with Crippen molar-refractivity contribution in [1.29, 1.82) is 0 Å². The van der Waals surface area contributed by atoms with Crippen molar-refractivity contribution in [2.45, 2.75) is 0 Å². The summed E-state index contributed by atoms with van der Waals surface area (Å²) in [6.45, 7) is 0. The van der Waals surface area contributed by atoms with Crippen LogP contribution in [0.2, 0.25) is 0 Å². The number of hydrogen-bond acceptors (Lipinski definition) is 0. The Morgan fingerprint density at radius 2 is 1.76 bits per heavy atom. The van der Waals surface area contributed by atoms with Gasteiger partial charge in [-0.05, 0) is 27.0 Å². The Morgan fingerprint density at radius 1 is 1.00 bits per heavy atom. The molecule has 1 aromatic heterocycles. The molecule has 0 radical (unpaired) electrons. The first-order valence-electron chi connectivity index (χ1n) is 5.27. The van der Waals surface area contributed by atoms with Gasteiger partial charge in [-0.15, -0.1) is 0 Å². The van der Waals surface area contributed by atoms with Crippen LogP contribution in [0.4, 0.5) is 0 Å². The van der Waals surface area contributed by atoms with E-state index in [-0.39, 0.29) is 0 Å². The first-order valence-corrected chi connectivity index (χ1v) is 6.98. The summed E-state index contributed by atoms with van der Waals surface area (Å²) in [5.74, 6) is 0. The number of nitrogens with one attached hydrogen (secondary N) is 1. The number of hydrogen-bond donors (Lipinski definition) is 1. The third-order valence-electron chi connectivity index (χ3n) is 2.89.